The molecule has 0 saturated carbocycles. The molecule has 1 atom stereocenters. The van der Waals surface area contributed by atoms with E-state index in [2.05, 4.69) is 12.2 Å². The molecular weight excluding hydrogens is 282 g/mol. The minimum Gasteiger partial charge on any atom is -0.548 e. The van der Waals surface area contributed by atoms with Gasteiger partial charge in [0, 0.05) is 5.56 Å². The number of hydrogen-bond acceptors (Lipinski definition) is 4. The van der Waals surface area contributed by atoms with Crippen LogP contribution in [0.2, 0.25) is 0 Å². The van der Waals surface area contributed by atoms with Gasteiger partial charge >= 0.3 is 0 Å². The Morgan fingerprint density at radius 3 is 2.32 bits per heavy atom. The zero-order chi connectivity index (χ0) is 16.5. The second-order valence-electron chi connectivity index (χ2n) is 5.59. The van der Waals surface area contributed by atoms with Gasteiger partial charge in [0.2, 0.25) is 0 Å². The Morgan fingerprint density at radius 1 is 1.18 bits per heavy atom. The van der Waals surface area contributed by atoms with E-state index in [1.807, 2.05) is 0 Å². The van der Waals surface area contributed by atoms with Gasteiger partial charge in [0.05, 0.1) is 18.6 Å². The summed E-state index contributed by atoms with van der Waals surface area (Å²) < 4.78 is 5.56. The number of hydrogen-bond donors (Lipinski definition) is 1. The zero-order valence-corrected chi connectivity index (χ0v) is 13.4. The van der Waals surface area contributed by atoms with E-state index in [9.17, 15) is 14.7 Å². The van der Waals surface area contributed by atoms with Gasteiger partial charge in [-0.1, -0.05) is 33.6 Å². The molecule has 1 aromatic rings. The average Bonchev–Trinajstić information content (AvgIpc) is 2.49. The number of carbonyl (C=O) groups is 2. The lowest BCUT2D eigenvalue weighted by Crippen LogP contribution is -2.50. The Morgan fingerprint density at radius 2 is 1.82 bits per heavy atom. The first kappa shape index (κ1) is 18.0. The van der Waals surface area contributed by atoms with Gasteiger partial charge in [0.15, 0.2) is 0 Å². The summed E-state index contributed by atoms with van der Waals surface area (Å²) in [5.74, 6) is -1.25. The lowest BCUT2D eigenvalue weighted by atomic mass is 10.0. The summed E-state index contributed by atoms with van der Waals surface area (Å²) in [6.07, 6.45) is 3.26. The number of rotatable bonds is 9. The molecule has 0 heterocycles. The Bertz CT molecular complexity index is 482. The fourth-order valence-corrected chi connectivity index (χ4v) is 1.97. The van der Waals surface area contributed by atoms with Gasteiger partial charge in [-0.3, -0.25) is 4.79 Å². The molecule has 1 N–H and O–H groups in total. The van der Waals surface area contributed by atoms with Crippen LogP contribution in [0.4, 0.5) is 0 Å². The van der Waals surface area contributed by atoms with Crippen molar-refractivity contribution in [2.24, 2.45) is 5.92 Å². The maximum atomic E-state index is 12.0. The zero-order valence-electron chi connectivity index (χ0n) is 13.4. The van der Waals surface area contributed by atoms with Crippen molar-refractivity contribution in [2.45, 2.75) is 46.1 Å². The number of nitrogens with one attached hydrogen (secondary N) is 1. The first-order valence-corrected chi connectivity index (χ1v) is 7.70. The predicted molar refractivity (Wildman–Crippen MR) is 82.6 cm³/mol. The number of carbonyl (C=O) groups excluding carboxylic acids is 2. The number of benzene rings is 1. The third kappa shape index (κ3) is 5.76. The van der Waals surface area contributed by atoms with Gasteiger partial charge in [0.1, 0.15) is 5.75 Å². The topological polar surface area (TPSA) is 78.5 Å². The van der Waals surface area contributed by atoms with Gasteiger partial charge in [-0.15, -0.1) is 0 Å². The first-order chi connectivity index (χ1) is 10.5. The van der Waals surface area contributed by atoms with Crippen LogP contribution < -0.4 is 15.2 Å². The molecule has 0 aromatic heterocycles. The predicted octanol–water partition coefficient (Wildman–Crippen LogP) is 1.76. The van der Waals surface area contributed by atoms with Crippen molar-refractivity contribution in [3.63, 3.8) is 0 Å². The molecule has 5 heteroatoms. The first-order valence-electron chi connectivity index (χ1n) is 7.70. The second kappa shape index (κ2) is 9.07. The van der Waals surface area contributed by atoms with Gasteiger partial charge in [-0.2, -0.15) is 0 Å². The molecule has 1 rings (SSSR count). The quantitative estimate of drug-likeness (QED) is 0.705. The van der Waals surface area contributed by atoms with Crippen LogP contribution in [0, 0.1) is 5.92 Å². The van der Waals surface area contributed by atoms with Crippen LogP contribution in [-0.2, 0) is 4.79 Å². The molecule has 22 heavy (non-hydrogen) atoms. The van der Waals surface area contributed by atoms with Crippen molar-refractivity contribution < 1.29 is 19.4 Å². The molecule has 0 unspecified atom stereocenters. The summed E-state index contributed by atoms with van der Waals surface area (Å²) in [5, 5.41) is 13.5. The number of unbranched alkanes of at least 4 members (excludes halogenated alkanes) is 2. The summed E-state index contributed by atoms with van der Waals surface area (Å²) in [4.78, 5) is 23.0. The highest BCUT2D eigenvalue weighted by molar-refractivity contribution is 5.96. The third-order valence-electron chi connectivity index (χ3n) is 3.34. The molecule has 1 aromatic carbocycles. The number of carboxylic acids is 1. The van der Waals surface area contributed by atoms with Crippen molar-refractivity contribution in [2.75, 3.05) is 6.61 Å². The fourth-order valence-electron chi connectivity index (χ4n) is 1.97. The van der Waals surface area contributed by atoms with E-state index in [4.69, 9.17) is 4.74 Å². The lowest BCUT2D eigenvalue weighted by molar-refractivity contribution is -0.309. The van der Waals surface area contributed by atoms with Gasteiger partial charge in [-0.25, -0.2) is 0 Å². The SMILES string of the molecule is CCCCCOc1ccc(C(=O)N[C@@H](C(=O)[O-])C(C)C)cc1. The highest BCUT2D eigenvalue weighted by Crippen LogP contribution is 2.13. The minimum atomic E-state index is -1.28. The van der Waals surface area contributed by atoms with E-state index in [0.29, 0.717) is 17.9 Å². The average molecular weight is 306 g/mol. The van der Waals surface area contributed by atoms with Crippen molar-refractivity contribution in [1.82, 2.24) is 5.32 Å². The van der Waals surface area contributed by atoms with E-state index < -0.39 is 17.9 Å². The largest absolute Gasteiger partial charge is 0.548 e. The van der Waals surface area contributed by atoms with Gasteiger partial charge in [-0.05, 0) is 36.6 Å². The Labute approximate surface area is 131 Å². The molecular formula is C17H24NO4-. The Kier molecular flexibility index (Phi) is 7.43. The molecule has 0 bridgehead atoms. The van der Waals surface area contributed by atoms with Crippen molar-refractivity contribution in [3.05, 3.63) is 29.8 Å². The van der Waals surface area contributed by atoms with Crippen LogP contribution in [0.5, 0.6) is 5.75 Å². The van der Waals surface area contributed by atoms with E-state index in [1.165, 1.54) is 0 Å². The molecule has 0 saturated heterocycles. The smallest absolute Gasteiger partial charge is 0.251 e. The molecule has 0 spiro atoms. The molecule has 1 amide bonds. The molecule has 0 aliphatic carbocycles. The van der Waals surface area contributed by atoms with Crippen molar-refractivity contribution in [1.29, 1.82) is 0 Å². The van der Waals surface area contributed by atoms with Crippen LogP contribution in [-0.4, -0.2) is 24.5 Å². The monoisotopic (exact) mass is 306 g/mol. The Balaban J connectivity index is 2.58. The van der Waals surface area contributed by atoms with Crippen molar-refractivity contribution in [3.8, 4) is 5.75 Å². The van der Waals surface area contributed by atoms with Crippen LogP contribution in [0.3, 0.4) is 0 Å². The van der Waals surface area contributed by atoms with E-state index in [0.717, 1.165) is 19.3 Å². The highest BCUT2D eigenvalue weighted by Gasteiger charge is 2.18. The van der Waals surface area contributed by atoms with E-state index >= 15 is 0 Å². The Hall–Kier alpha value is -2.04. The standard InChI is InChI=1S/C17H25NO4/c1-4-5-6-11-22-14-9-7-13(8-10-14)16(19)18-15(12(2)3)17(20)21/h7-10,12,15H,4-6,11H2,1-3H3,(H,18,19)(H,20,21)/p-1/t15-/m1/s1. The van der Waals surface area contributed by atoms with E-state index in [1.54, 1.807) is 38.1 Å². The summed E-state index contributed by atoms with van der Waals surface area (Å²) in [6.45, 7) is 6.21. The van der Waals surface area contributed by atoms with Crippen LogP contribution in [0.15, 0.2) is 24.3 Å². The van der Waals surface area contributed by atoms with Crippen LogP contribution in [0.25, 0.3) is 0 Å². The molecule has 0 radical (unpaired) electrons. The summed E-state index contributed by atoms with van der Waals surface area (Å²) in [5.41, 5.74) is 0.396. The number of amides is 1. The molecule has 122 valence electrons. The molecule has 0 fully saturated rings. The van der Waals surface area contributed by atoms with Gasteiger partial charge < -0.3 is 20.0 Å². The molecule has 0 aliphatic heterocycles. The lowest BCUT2D eigenvalue weighted by Gasteiger charge is -2.23. The summed E-state index contributed by atoms with van der Waals surface area (Å²) in [6, 6.07) is 5.67. The molecule has 0 aliphatic rings. The van der Waals surface area contributed by atoms with Crippen molar-refractivity contribution >= 4 is 11.9 Å². The van der Waals surface area contributed by atoms with Crippen LogP contribution >= 0.6 is 0 Å². The highest BCUT2D eigenvalue weighted by atomic mass is 16.5. The number of carboxylic acid groups (broad SMARTS) is 1. The summed E-state index contributed by atoms with van der Waals surface area (Å²) >= 11 is 0. The number of ether oxygens (including phenoxy) is 1. The van der Waals surface area contributed by atoms with Gasteiger partial charge in [0.25, 0.3) is 5.91 Å². The minimum absolute atomic E-state index is 0.241. The normalized spacial score (nSPS) is 12.0. The second-order valence-corrected chi connectivity index (χ2v) is 5.59. The fraction of sp³-hybridized carbons (Fsp3) is 0.529. The number of aliphatic carboxylic acids is 1. The maximum absolute atomic E-state index is 12.0. The maximum Gasteiger partial charge on any atom is 0.251 e. The summed E-state index contributed by atoms with van der Waals surface area (Å²) in [7, 11) is 0. The molecule has 5 nitrogen and oxygen atoms in total. The third-order valence-corrected chi connectivity index (χ3v) is 3.34. The van der Waals surface area contributed by atoms with Crippen LogP contribution in [0.1, 0.15) is 50.4 Å². The van der Waals surface area contributed by atoms with E-state index in [-0.39, 0.29) is 5.92 Å².